The fourth-order valence-electron chi connectivity index (χ4n) is 4.76. The van der Waals surface area contributed by atoms with E-state index >= 15 is 0 Å². The van der Waals surface area contributed by atoms with Crippen LogP contribution < -0.4 is 0 Å². The van der Waals surface area contributed by atoms with E-state index in [2.05, 4.69) is 84.9 Å². The van der Waals surface area contributed by atoms with Crippen LogP contribution in [0.1, 0.15) is 0 Å². The molecule has 7 rings (SSSR count). The minimum atomic E-state index is 0.689. The topological polar surface area (TPSA) is 26.0 Å². The predicted octanol–water partition coefficient (Wildman–Crippen LogP) is 8.11. The number of benzene rings is 5. The van der Waals surface area contributed by atoms with Gasteiger partial charge in [0.15, 0.2) is 0 Å². The molecule has 0 fully saturated rings. The van der Waals surface area contributed by atoms with Crippen LogP contribution in [0.25, 0.3) is 65.6 Å². The maximum atomic E-state index is 6.10. The van der Waals surface area contributed by atoms with Crippen molar-refractivity contribution in [3.05, 3.63) is 103 Å². The zero-order valence-corrected chi connectivity index (χ0v) is 16.7. The highest BCUT2D eigenvalue weighted by Gasteiger charge is 2.13. The van der Waals surface area contributed by atoms with Crippen LogP contribution in [0.2, 0.25) is 0 Å². The molecule has 0 N–H and O–H groups in total. The molecule has 0 aliphatic rings. The van der Waals surface area contributed by atoms with Crippen molar-refractivity contribution in [1.82, 2.24) is 4.98 Å². The molecule has 2 heterocycles. The van der Waals surface area contributed by atoms with Crippen molar-refractivity contribution in [3.63, 3.8) is 0 Å². The third kappa shape index (κ3) is 2.42. The molecule has 31 heavy (non-hydrogen) atoms. The van der Waals surface area contributed by atoms with Crippen LogP contribution in [-0.4, -0.2) is 4.98 Å². The number of rotatable bonds is 1. The standard InChI is InChI=1S/C29H17NO/c1-3-9-21-18(7-1)15-24(23-11-5-4-10-22(21)23)19-13-14-28-25(16-19)26-17-20-8-2-6-12-27(20)30-29(26)31-28/h1-17H. The molecule has 7 aromatic rings. The summed E-state index contributed by atoms with van der Waals surface area (Å²) in [6, 6.07) is 36.4. The molecular weight excluding hydrogens is 378 g/mol. The Morgan fingerprint density at radius 3 is 2.16 bits per heavy atom. The van der Waals surface area contributed by atoms with Crippen LogP contribution in [0.3, 0.4) is 0 Å². The molecule has 0 saturated carbocycles. The Bertz CT molecular complexity index is 1790. The normalized spacial score (nSPS) is 11.9. The van der Waals surface area contributed by atoms with E-state index in [1.54, 1.807) is 0 Å². The number of hydrogen-bond donors (Lipinski definition) is 0. The summed E-state index contributed by atoms with van der Waals surface area (Å²) in [5, 5.41) is 8.36. The summed E-state index contributed by atoms with van der Waals surface area (Å²) in [5.74, 6) is 0. The Kier molecular flexibility index (Phi) is 3.30. The van der Waals surface area contributed by atoms with Crippen molar-refractivity contribution >= 4 is 54.5 Å². The van der Waals surface area contributed by atoms with E-state index < -0.39 is 0 Å². The molecular formula is C29H17NO. The van der Waals surface area contributed by atoms with Crippen molar-refractivity contribution in [2.75, 3.05) is 0 Å². The molecule has 0 saturated heterocycles. The Morgan fingerprint density at radius 1 is 0.516 bits per heavy atom. The van der Waals surface area contributed by atoms with Gasteiger partial charge in [-0.3, -0.25) is 0 Å². The zero-order chi connectivity index (χ0) is 20.4. The number of nitrogens with zero attached hydrogens (tertiary/aromatic N) is 1. The van der Waals surface area contributed by atoms with Gasteiger partial charge in [0.2, 0.25) is 5.71 Å². The second kappa shape index (κ2) is 6.16. The van der Waals surface area contributed by atoms with Crippen LogP contribution in [0.5, 0.6) is 0 Å². The van der Waals surface area contributed by atoms with Crippen molar-refractivity contribution in [3.8, 4) is 11.1 Å². The molecule has 0 amide bonds. The first kappa shape index (κ1) is 16.6. The maximum absolute atomic E-state index is 6.10. The van der Waals surface area contributed by atoms with E-state index in [0.717, 1.165) is 27.3 Å². The third-order valence-corrected chi connectivity index (χ3v) is 6.24. The number of fused-ring (bicyclic) bond motifs is 7. The van der Waals surface area contributed by atoms with Gasteiger partial charge in [0, 0.05) is 16.2 Å². The lowest BCUT2D eigenvalue weighted by Crippen LogP contribution is -1.84. The molecule has 0 atom stereocenters. The Labute approximate surface area is 178 Å². The summed E-state index contributed by atoms with van der Waals surface area (Å²) in [4.78, 5) is 4.74. The van der Waals surface area contributed by atoms with Crippen molar-refractivity contribution in [1.29, 1.82) is 0 Å². The lowest BCUT2D eigenvalue weighted by Gasteiger charge is -2.11. The van der Waals surface area contributed by atoms with E-state index in [1.807, 2.05) is 18.2 Å². The molecule has 0 aliphatic carbocycles. The molecule has 0 spiro atoms. The molecule has 2 aromatic heterocycles. The van der Waals surface area contributed by atoms with Crippen molar-refractivity contribution in [2.45, 2.75) is 0 Å². The van der Waals surface area contributed by atoms with Gasteiger partial charge < -0.3 is 4.42 Å². The minimum Gasteiger partial charge on any atom is -0.438 e. The second-order valence-electron chi connectivity index (χ2n) is 8.04. The molecule has 0 aliphatic heterocycles. The molecule has 144 valence electrons. The second-order valence-corrected chi connectivity index (χ2v) is 8.04. The largest absolute Gasteiger partial charge is 0.438 e. The summed E-state index contributed by atoms with van der Waals surface area (Å²) in [6.45, 7) is 0. The van der Waals surface area contributed by atoms with Gasteiger partial charge in [-0.05, 0) is 63.0 Å². The number of hydrogen-bond acceptors (Lipinski definition) is 2. The van der Waals surface area contributed by atoms with E-state index in [9.17, 15) is 0 Å². The summed E-state index contributed by atoms with van der Waals surface area (Å²) < 4.78 is 6.10. The molecule has 0 radical (unpaired) electrons. The summed E-state index contributed by atoms with van der Waals surface area (Å²) >= 11 is 0. The summed E-state index contributed by atoms with van der Waals surface area (Å²) in [6.07, 6.45) is 0. The Hall–Kier alpha value is -4.17. The smallest absolute Gasteiger partial charge is 0.227 e. The fraction of sp³-hybridized carbons (Fsp3) is 0. The first-order valence-electron chi connectivity index (χ1n) is 10.5. The van der Waals surface area contributed by atoms with Gasteiger partial charge in [-0.1, -0.05) is 72.8 Å². The van der Waals surface area contributed by atoms with Gasteiger partial charge >= 0.3 is 0 Å². The lowest BCUT2D eigenvalue weighted by molar-refractivity contribution is 0.656. The lowest BCUT2D eigenvalue weighted by atomic mass is 9.93. The van der Waals surface area contributed by atoms with E-state index in [-0.39, 0.29) is 0 Å². The van der Waals surface area contributed by atoms with Crippen LogP contribution in [0.15, 0.2) is 108 Å². The first-order valence-corrected chi connectivity index (χ1v) is 10.5. The highest BCUT2D eigenvalue weighted by Crippen LogP contribution is 2.38. The van der Waals surface area contributed by atoms with E-state index in [0.29, 0.717) is 5.71 Å². The van der Waals surface area contributed by atoms with Crippen molar-refractivity contribution in [2.24, 2.45) is 0 Å². The van der Waals surface area contributed by atoms with E-state index in [4.69, 9.17) is 9.40 Å². The number of para-hydroxylation sites is 1. The van der Waals surface area contributed by atoms with Crippen molar-refractivity contribution < 1.29 is 4.42 Å². The summed E-state index contributed by atoms with van der Waals surface area (Å²) in [7, 11) is 0. The van der Waals surface area contributed by atoms with Gasteiger partial charge in [0.25, 0.3) is 0 Å². The summed E-state index contributed by atoms with van der Waals surface area (Å²) in [5.41, 5.74) is 4.93. The maximum Gasteiger partial charge on any atom is 0.227 e. The van der Waals surface area contributed by atoms with Gasteiger partial charge in [-0.25, -0.2) is 4.98 Å². The number of furan rings is 1. The predicted molar refractivity (Wildman–Crippen MR) is 129 cm³/mol. The van der Waals surface area contributed by atoms with Crippen LogP contribution in [0, 0.1) is 0 Å². The van der Waals surface area contributed by atoms with Crippen LogP contribution in [-0.2, 0) is 0 Å². The molecule has 2 nitrogen and oxygen atoms in total. The third-order valence-electron chi connectivity index (χ3n) is 6.24. The highest BCUT2D eigenvalue weighted by molar-refractivity contribution is 6.15. The quantitative estimate of drug-likeness (QED) is 0.262. The number of aromatic nitrogens is 1. The van der Waals surface area contributed by atoms with Crippen LogP contribution >= 0.6 is 0 Å². The average Bonchev–Trinajstić information content (AvgIpc) is 3.18. The SMILES string of the molecule is c1ccc2nc3oc4ccc(-c5cc6ccccc6c6ccccc56)cc4c3cc2c1. The number of pyridine rings is 1. The average molecular weight is 395 g/mol. The van der Waals surface area contributed by atoms with Gasteiger partial charge in [0.1, 0.15) is 5.58 Å². The van der Waals surface area contributed by atoms with Gasteiger partial charge in [-0.15, -0.1) is 0 Å². The molecule has 0 unspecified atom stereocenters. The van der Waals surface area contributed by atoms with Gasteiger partial charge in [-0.2, -0.15) is 0 Å². The molecule has 2 heteroatoms. The zero-order valence-electron chi connectivity index (χ0n) is 16.7. The fourth-order valence-corrected chi connectivity index (χ4v) is 4.76. The first-order chi connectivity index (χ1) is 15.3. The molecule has 5 aromatic carbocycles. The Morgan fingerprint density at radius 2 is 1.26 bits per heavy atom. The molecule has 0 bridgehead atoms. The van der Waals surface area contributed by atoms with E-state index in [1.165, 1.54) is 32.7 Å². The highest BCUT2D eigenvalue weighted by atomic mass is 16.3. The monoisotopic (exact) mass is 395 g/mol. The Balaban J connectivity index is 1.56. The van der Waals surface area contributed by atoms with Gasteiger partial charge in [0.05, 0.1) is 5.52 Å². The minimum absolute atomic E-state index is 0.689. The van der Waals surface area contributed by atoms with Crippen LogP contribution in [0.4, 0.5) is 0 Å².